The van der Waals surface area contributed by atoms with Crippen molar-refractivity contribution in [3.63, 3.8) is 0 Å². The first-order valence-corrected chi connectivity index (χ1v) is 4.80. The number of nitrogens with one attached hydrogen (secondary N) is 1. The SMILES string of the molecule is C=C(CNCOC)/C(C)=C\C(C)=C/C. The highest BCUT2D eigenvalue weighted by Gasteiger charge is 1.96. The van der Waals surface area contributed by atoms with Crippen LogP contribution in [0.2, 0.25) is 0 Å². The molecule has 2 nitrogen and oxygen atoms in total. The maximum absolute atomic E-state index is 4.89. The number of hydrogen-bond acceptors (Lipinski definition) is 2. The van der Waals surface area contributed by atoms with Gasteiger partial charge in [-0.2, -0.15) is 0 Å². The third-order valence-corrected chi connectivity index (χ3v) is 2.04. The summed E-state index contributed by atoms with van der Waals surface area (Å²) >= 11 is 0. The van der Waals surface area contributed by atoms with Crippen LogP contribution in [-0.4, -0.2) is 20.4 Å². The van der Waals surface area contributed by atoms with E-state index in [9.17, 15) is 0 Å². The van der Waals surface area contributed by atoms with Gasteiger partial charge in [0.05, 0.1) is 6.73 Å². The van der Waals surface area contributed by atoms with Crippen molar-refractivity contribution in [3.05, 3.63) is 35.5 Å². The smallest absolute Gasteiger partial charge is 0.0964 e. The Balaban J connectivity index is 4.05. The molecular formula is C12H21NO. The molecule has 0 unspecified atom stereocenters. The zero-order valence-electron chi connectivity index (χ0n) is 9.68. The molecule has 80 valence electrons. The predicted molar refractivity (Wildman–Crippen MR) is 62.2 cm³/mol. The van der Waals surface area contributed by atoms with Crippen molar-refractivity contribution < 1.29 is 4.74 Å². The Bertz CT molecular complexity index is 239. The summed E-state index contributed by atoms with van der Waals surface area (Å²) in [7, 11) is 1.67. The maximum atomic E-state index is 4.89. The molecule has 0 amide bonds. The molecule has 0 atom stereocenters. The van der Waals surface area contributed by atoms with Gasteiger partial charge in [0.15, 0.2) is 0 Å². The fourth-order valence-corrected chi connectivity index (χ4v) is 0.970. The highest BCUT2D eigenvalue weighted by molar-refractivity contribution is 5.33. The highest BCUT2D eigenvalue weighted by Crippen LogP contribution is 2.09. The van der Waals surface area contributed by atoms with Crippen molar-refractivity contribution in [2.24, 2.45) is 0 Å². The number of hydrogen-bond donors (Lipinski definition) is 1. The minimum atomic E-state index is 0.564. The van der Waals surface area contributed by atoms with E-state index >= 15 is 0 Å². The lowest BCUT2D eigenvalue weighted by Crippen LogP contribution is -2.19. The van der Waals surface area contributed by atoms with Crippen LogP contribution >= 0.6 is 0 Å². The zero-order chi connectivity index (χ0) is 11.0. The molecule has 2 heteroatoms. The minimum Gasteiger partial charge on any atom is -0.370 e. The van der Waals surface area contributed by atoms with Crippen LogP contribution in [-0.2, 0) is 4.74 Å². The van der Waals surface area contributed by atoms with Crippen LogP contribution in [0.1, 0.15) is 20.8 Å². The van der Waals surface area contributed by atoms with Crippen LogP contribution in [0.3, 0.4) is 0 Å². The van der Waals surface area contributed by atoms with Crippen molar-refractivity contribution in [1.82, 2.24) is 5.32 Å². The van der Waals surface area contributed by atoms with Gasteiger partial charge in [0, 0.05) is 13.7 Å². The molecule has 0 aromatic heterocycles. The summed E-state index contributed by atoms with van der Waals surface area (Å²) in [6, 6.07) is 0. The topological polar surface area (TPSA) is 21.3 Å². The van der Waals surface area contributed by atoms with Gasteiger partial charge in [-0.25, -0.2) is 0 Å². The second-order valence-corrected chi connectivity index (χ2v) is 3.32. The molecule has 0 rings (SSSR count). The number of allylic oxidation sites excluding steroid dienone is 3. The Morgan fingerprint density at radius 2 is 2.07 bits per heavy atom. The van der Waals surface area contributed by atoms with Gasteiger partial charge in [0.2, 0.25) is 0 Å². The summed E-state index contributed by atoms with van der Waals surface area (Å²) in [6.07, 6.45) is 4.22. The molecule has 0 aliphatic carbocycles. The predicted octanol–water partition coefficient (Wildman–Crippen LogP) is 2.65. The summed E-state index contributed by atoms with van der Waals surface area (Å²) in [5.41, 5.74) is 3.57. The summed E-state index contributed by atoms with van der Waals surface area (Å²) < 4.78 is 4.89. The van der Waals surface area contributed by atoms with Gasteiger partial charge in [0.1, 0.15) is 0 Å². The Morgan fingerprint density at radius 3 is 2.57 bits per heavy atom. The Kier molecular flexibility index (Phi) is 7.07. The third-order valence-electron chi connectivity index (χ3n) is 2.04. The van der Waals surface area contributed by atoms with Gasteiger partial charge in [-0.05, 0) is 31.9 Å². The summed E-state index contributed by atoms with van der Waals surface area (Å²) in [5.74, 6) is 0. The van der Waals surface area contributed by atoms with Crippen LogP contribution in [0.15, 0.2) is 35.5 Å². The first kappa shape index (κ1) is 13.1. The summed E-state index contributed by atoms with van der Waals surface area (Å²) in [4.78, 5) is 0. The number of rotatable bonds is 6. The molecule has 0 spiro atoms. The lowest BCUT2D eigenvalue weighted by Gasteiger charge is -2.07. The fraction of sp³-hybridized carbons (Fsp3) is 0.500. The van der Waals surface area contributed by atoms with Gasteiger partial charge in [-0.3, -0.25) is 5.32 Å². The van der Waals surface area contributed by atoms with E-state index < -0.39 is 0 Å². The molecule has 0 aliphatic rings. The molecule has 0 bridgehead atoms. The van der Waals surface area contributed by atoms with Crippen LogP contribution in [0.5, 0.6) is 0 Å². The molecule has 0 radical (unpaired) electrons. The highest BCUT2D eigenvalue weighted by atomic mass is 16.5. The van der Waals surface area contributed by atoms with Gasteiger partial charge < -0.3 is 4.74 Å². The first-order chi connectivity index (χ1) is 6.61. The summed E-state index contributed by atoms with van der Waals surface area (Å²) in [5, 5.41) is 3.12. The van der Waals surface area contributed by atoms with Crippen molar-refractivity contribution in [1.29, 1.82) is 0 Å². The lowest BCUT2D eigenvalue weighted by molar-refractivity contribution is 0.178. The molecule has 14 heavy (non-hydrogen) atoms. The van der Waals surface area contributed by atoms with Gasteiger partial charge in [0.25, 0.3) is 0 Å². The molecule has 0 heterocycles. The number of methoxy groups -OCH3 is 1. The van der Waals surface area contributed by atoms with Crippen molar-refractivity contribution in [2.75, 3.05) is 20.4 Å². The quantitative estimate of drug-likeness (QED) is 0.399. The van der Waals surface area contributed by atoms with Gasteiger partial charge in [-0.1, -0.05) is 24.3 Å². The van der Waals surface area contributed by atoms with Crippen molar-refractivity contribution in [2.45, 2.75) is 20.8 Å². The zero-order valence-corrected chi connectivity index (χ0v) is 9.68. The molecule has 0 saturated heterocycles. The van der Waals surface area contributed by atoms with E-state index in [4.69, 9.17) is 4.74 Å². The maximum Gasteiger partial charge on any atom is 0.0964 e. The van der Waals surface area contributed by atoms with Crippen LogP contribution in [0, 0.1) is 0 Å². The van der Waals surface area contributed by atoms with Gasteiger partial charge in [-0.15, -0.1) is 0 Å². The average Bonchev–Trinajstić information content (AvgIpc) is 2.17. The second-order valence-electron chi connectivity index (χ2n) is 3.32. The van der Waals surface area contributed by atoms with E-state index in [1.54, 1.807) is 7.11 Å². The van der Waals surface area contributed by atoms with Crippen LogP contribution in [0.25, 0.3) is 0 Å². The largest absolute Gasteiger partial charge is 0.370 e. The molecule has 0 aliphatic heterocycles. The van der Waals surface area contributed by atoms with E-state index in [0.717, 1.165) is 12.1 Å². The second kappa shape index (κ2) is 7.54. The van der Waals surface area contributed by atoms with E-state index in [1.165, 1.54) is 11.1 Å². The molecule has 0 aromatic carbocycles. The number of ether oxygens (including phenoxy) is 1. The van der Waals surface area contributed by atoms with Gasteiger partial charge >= 0.3 is 0 Å². The molecule has 1 N–H and O–H groups in total. The van der Waals surface area contributed by atoms with Crippen molar-refractivity contribution in [3.8, 4) is 0 Å². The van der Waals surface area contributed by atoms with E-state index in [1.807, 2.05) is 6.92 Å². The van der Waals surface area contributed by atoms with Crippen LogP contribution < -0.4 is 5.32 Å². The van der Waals surface area contributed by atoms with E-state index in [2.05, 4.69) is 37.9 Å². The Morgan fingerprint density at radius 1 is 1.43 bits per heavy atom. The Labute approximate surface area is 87.3 Å². The molecular weight excluding hydrogens is 174 g/mol. The lowest BCUT2D eigenvalue weighted by atomic mass is 10.1. The minimum absolute atomic E-state index is 0.564. The van der Waals surface area contributed by atoms with E-state index in [-0.39, 0.29) is 0 Å². The Hall–Kier alpha value is -0.860. The normalized spacial score (nSPS) is 13.1. The van der Waals surface area contributed by atoms with E-state index in [0.29, 0.717) is 6.73 Å². The third kappa shape index (κ3) is 5.73. The average molecular weight is 195 g/mol. The first-order valence-electron chi connectivity index (χ1n) is 4.80. The standard InChI is InChI=1S/C12H21NO/c1-6-10(2)7-11(3)12(4)8-13-9-14-5/h6-7,13H,4,8-9H2,1-3,5H3/b10-6-,11-7-. The monoisotopic (exact) mass is 195 g/mol. The van der Waals surface area contributed by atoms with Crippen molar-refractivity contribution >= 4 is 0 Å². The molecule has 0 aromatic rings. The summed E-state index contributed by atoms with van der Waals surface area (Å²) in [6.45, 7) is 11.5. The fourth-order valence-electron chi connectivity index (χ4n) is 0.970. The van der Waals surface area contributed by atoms with Crippen LogP contribution in [0.4, 0.5) is 0 Å². The molecule has 0 saturated carbocycles. The molecule has 0 fully saturated rings.